The van der Waals surface area contributed by atoms with Crippen LogP contribution >= 0.6 is 0 Å². The summed E-state index contributed by atoms with van der Waals surface area (Å²) >= 11 is 0. The zero-order chi connectivity index (χ0) is 13.1. The molecular formula is C15H12N4. The SMILES string of the molecule is Nc1ccnc(-c2cccc(-c3ccccn3)n2)c1. The second-order valence-electron chi connectivity index (χ2n) is 4.10. The van der Waals surface area contributed by atoms with Gasteiger partial charge in [-0.1, -0.05) is 12.1 Å². The highest BCUT2D eigenvalue weighted by Gasteiger charge is 2.05. The largest absolute Gasteiger partial charge is 0.399 e. The van der Waals surface area contributed by atoms with Gasteiger partial charge in [0.25, 0.3) is 0 Å². The third kappa shape index (κ3) is 2.42. The predicted molar refractivity (Wildman–Crippen MR) is 75.1 cm³/mol. The highest BCUT2D eigenvalue weighted by Crippen LogP contribution is 2.20. The summed E-state index contributed by atoms with van der Waals surface area (Å²) < 4.78 is 0. The van der Waals surface area contributed by atoms with E-state index in [0.29, 0.717) is 5.69 Å². The molecule has 3 heterocycles. The summed E-state index contributed by atoms with van der Waals surface area (Å²) in [4.78, 5) is 13.1. The maximum Gasteiger partial charge on any atom is 0.0906 e. The van der Waals surface area contributed by atoms with Gasteiger partial charge in [0, 0.05) is 18.1 Å². The minimum absolute atomic E-state index is 0.676. The monoisotopic (exact) mass is 248 g/mol. The first kappa shape index (κ1) is 11.3. The number of rotatable bonds is 2. The topological polar surface area (TPSA) is 64.7 Å². The molecule has 3 rings (SSSR count). The fourth-order valence-electron chi connectivity index (χ4n) is 1.82. The van der Waals surface area contributed by atoms with Crippen molar-refractivity contribution in [2.75, 3.05) is 5.73 Å². The molecule has 0 radical (unpaired) electrons. The molecule has 0 atom stereocenters. The van der Waals surface area contributed by atoms with Crippen LogP contribution in [0.3, 0.4) is 0 Å². The first-order valence-electron chi connectivity index (χ1n) is 5.93. The molecule has 0 fully saturated rings. The first-order valence-corrected chi connectivity index (χ1v) is 5.93. The number of nitrogens with zero attached hydrogens (tertiary/aromatic N) is 3. The molecule has 0 saturated carbocycles. The number of pyridine rings is 3. The Bertz CT molecular complexity index is 695. The predicted octanol–water partition coefficient (Wildman–Crippen LogP) is 2.79. The van der Waals surface area contributed by atoms with Crippen LogP contribution in [0.1, 0.15) is 0 Å². The van der Waals surface area contributed by atoms with E-state index >= 15 is 0 Å². The third-order valence-corrected chi connectivity index (χ3v) is 2.72. The normalized spacial score (nSPS) is 10.3. The van der Waals surface area contributed by atoms with Crippen molar-refractivity contribution in [3.05, 3.63) is 60.9 Å². The van der Waals surface area contributed by atoms with Gasteiger partial charge in [0.05, 0.1) is 22.8 Å². The standard InChI is InChI=1S/C15H12N4/c16-11-7-9-18-15(10-11)14-6-3-5-13(19-14)12-4-1-2-8-17-12/h1-10H,(H2,16,18). The van der Waals surface area contributed by atoms with Crippen molar-refractivity contribution in [2.24, 2.45) is 0 Å². The lowest BCUT2D eigenvalue weighted by Crippen LogP contribution is -1.93. The highest BCUT2D eigenvalue weighted by atomic mass is 14.8. The zero-order valence-electron chi connectivity index (χ0n) is 10.2. The Hall–Kier alpha value is -2.75. The van der Waals surface area contributed by atoms with Crippen LogP contribution in [-0.4, -0.2) is 15.0 Å². The lowest BCUT2D eigenvalue weighted by molar-refractivity contribution is 1.22. The summed E-state index contributed by atoms with van der Waals surface area (Å²) in [6.07, 6.45) is 3.43. The van der Waals surface area contributed by atoms with Gasteiger partial charge in [-0.15, -0.1) is 0 Å². The average molecular weight is 248 g/mol. The van der Waals surface area contributed by atoms with Crippen LogP contribution in [0.2, 0.25) is 0 Å². The van der Waals surface area contributed by atoms with Crippen LogP contribution in [0.15, 0.2) is 60.9 Å². The molecule has 0 bridgehead atoms. The number of hydrogen-bond acceptors (Lipinski definition) is 4. The Morgan fingerprint density at radius 1 is 0.684 bits per heavy atom. The molecule has 0 aliphatic heterocycles. The lowest BCUT2D eigenvalue weighted by Gasteiger charge is -2.04. The van der Waals surface area contributed by atoms with Crippen LogP contribution < -0.4 is 5.73 Å². The second-order valence-corrected chi connectivity index (χ2v) is 4.10. The first-order chi connectivity index (χ1) is 9.33. The Morgan fingerprint density at radius 3 is 2.16 bits per heavy atom. The molecule has 3 aromatic rings. The molecule has 0 aliphatic rings. The van der Waals surface area contributed by atoms with E-state index in [0.717, 1.165) is 22.8 Å². The lowest BCUT2D eigenvalue weighted by atomic mass is 10.2. The Morgan fingerprint density at radius 2 is 1.42 bits per heavy atom. The van der Waals surface area contributed by atoms with Crippen molar-refractivity contribution in [1.82, 2.24) is 15.0 Å². The zero-order valence-corrected chi connectivity index (χ0v) is 10.2. The minimum atomic E-state index is 0.676. The third-order valence-electron chi connectivity index (χ3n) is 2.72. The van der Waals surface area contributed by atoms with Crippen molar-refractivity contribution in [3.8, 4) is 22.8 Å². The molecule has 2 N–H and O–H groups in total. The van der Waals surface area contributed by atoms with E-state index in [1.807, 2.05) is 42.5 Å². The minimum Gasteiger partial charge on any atom is -0.399 e. The highest BCUT2D eigenvalue weighted by molar-refractivity contribution is 5.63. The Labute approximate surface area is 111 Å². The molecule has 0 aromatic carbocycles. The molecular weight excluding hydrogens is 236 g/mol. The van der Waals surface area contributed by atoms with Gasteiger partial charge in [0.15, 0.2) is 0 Å². The fraction of sp³-hybridized carbons (Fsp3) is 0. The number of hydrogen-bond donors (Lipinski definition) is 1. The maximum absolute atomic E-state index is 5.76. The van der Waals surface area contributed by atoms with Crippen molar-refractivity contribution >= 4 is 5.69 Å². The maximum atomic E-state index is 5.76. The summed E-state index contributed by atoms with van der Waals surface area (Å²) in [7, 11) is 0. The molecule has 0 aliphatic carbocycles. The number of anilines is 1. The summed E-state index contributed by atoms with van der Waals surface area (Å²) in [6.45, 7) is 0. The number of nitrogens with two attached hydrogens (primary N) is 1. The fourth-order valence-corrected chi connectivity index (χ4v) is 1.82. The molecule has 3 aromatic heterocycles. The quantitative estimate of drug-likeness (QED) is 0.757. The van der Waals surface area contributed by atoms with Crippen LogP contribution in [0.4, 0.5) is 5.69 Å². The summed E-state index contributed by atoms with van der Waals surface area (Å²) in [6, 6.07) is 15.1. The Balaban J connectivity index is 2.06. The molecule has 92 valence electrons. The molecule has 0 saturated heterocycles. The van der Waals surface area contributed by atoms with Gasteiger partial charge < -0.3 is 5.73 Å². The molecule has 0 spiro atoms. The van der Waals surface area contributed by atoms with E-state index in [2.05, 4.69) is 15.0 Å². The van der Waals surface area contributed by atoms with Crippen molar-refractivity contribution in [2.45, 2.75) is 0 Å². The number of aromatic nitrogens is 3. The summed E-state index contributed by atoms with van der Waals surface area (Å²) in [5.74, 6) is 0. The van der Waals surface area contributed by atoms with E-state index < -0.39 is 0 Å². The van der Waals surface area contributed by atoms with Gasteiger partial charge in [0.2, 0.25) is 0 Å². The average Bonchev–Trinajstić information content (AvgIpc) is 2.48. The molecule has 4 heteroatoms. The van der Waals surface area contributed by atoms with E-state index in [-0.39, 0.29) is 0 Å². The van der Waals surface area contributed by atoms with Gasteiger partial charge in [-0.25, -0.2) is 4.98 Å². The van der Waals surface area contributed by atoms with Crippen molar-refractivity contribution in [3.63, 3.8) is 0 Å². The van der Waals surface area contributed by atoms with E-state index in [1.165, 1.54) is 0 Å². The van der Waals surface area contributed by atoms with Gasteiger partial charge in [-0.3, -0.25) is 9.97 Å². The smallest absolute Gasteiger partial charge is 0.0906 e. The van der Waals surface area contributed by atoms with Gasteiger partial charge >= 0.3 is 0 Å². The van der Waals surface area contributed by atoms with Gasteiger partial charge in [0.1, 0.15) is 0 Å². The molecule has 19 heavy (non-hydrogen) atoms. The van der Waals surface area contributed by atoms with E-state index in [1.54, 1.807) is 18.5 Å². The molecule has 4 nitrogen and oxygen atoms in total. The van der Waals surface area contributed by atoms with Gasteiger partial charge in [-0.2, -0.15) is 0 Å². The van der Waals surface area contributed by atoms with E-state index in [9.17, 15) is 0 Å². The summed E-state index contributed by atoms with van der Waals surface area (Å²) in [5, 5.41) is 0. The van der Waals surface area contributed by atoms with Crippen molar-refractivity contribution < 1.29 is 0 Å². The van der Waals surface area contributed by atoms with Crippen LogP contribution in [-0.2, 0) is 0 Å². The summed E-state index contributed by atoms with van der Waals surface area (Å²) in [5.41, 5.74) is 9.65. The number of nitrogen functional groups attached to an aromatic ring is 1. The molecule has 0 amide bonds. The van der Waals surface area contributed by atoms with Gasteiger partial charge in [-0.05, 0) is 36.4 Å². The van der Waals surface area contributed by atoms with E-state index in [4.69, 9.17) is 5.73 Å². The van der Waals surface area contributed by atoms with Crippen LogP contribution in [0.25, 0.3) is 22.8 Å². The molecule has 0 unspecified atom stereocenters. The van der Waals surface area contributed by atoms with Crippen LogP contribution in [0, 0.1) is 0 Å². The van der Waals surface area contributed by atoms with Crippen molar-refractivity contribution in [1.29, 1.82) is 0 Å². The van der Waals surface area contributed by atoms with Crippen LogP contribution in [0.5, 0.6) is 0 Å². The second kappa shape index (κ2) is 4.86. The Kier molecular flexibility index (Phi) is 2.90.